The lowest BCUT2D eigenvalue weighted by Crippen LogP contribution is -2.48. The van der Waals surface area contributed by atoms with Gasteiger partial charge in [-0.3, -0.25) is 9.59 Å². The van der Waals surface area contributed by atoms with Gasteiger partial charge in [-0.15, -0.1) is 0 Å². The van der Waals surface area contributed by atoms with Crippen LogP contribution in [0.3, 0.4) is 0 Å². The summed E-state index contributed by atoms with van der Waals surface area (Å²) in [6.07, 6.45) is 1.09. The Morgan fingerprint density at radius 3 is 2.65 bits per heavy atom. The summed E-state index contributed by atoms with van der Waals surface area (Å²) in [6, 6.07) is 4.16. The van der Waals surface area contributed by atoms with Crippen molar-refractivity contribution in [1.82, 2.24) is 9.80 Å². The maximum atomic E-state index is 13.6. The molecule has 1 unspecified atom stereocenters. The number of rotatable bonds is 2. The maximum Gasteiger partial charge on any atom is 0.410 e. The summed E-state index contributed by atoms with van der Waals surface area (Å²) in [5.41, 5.74) is 1.02. The van der Waals surface area contributed by atoms with Gasteiger partial charge in [-0.25, -0.2) is 9.18 Å². The number of likely N-dealkylation sites (tertiary alicyclic amines) is 1. The van der Waals surface area contributed by atoms with Crippen LogP contribution in [0.1, 0.15) is 30.7 Å². The fraction of sp³-hybridized carbons (Fsp3) is 0.500. The van der Waals surface area contributed by atoms with Gasteiger partial charge in [0.1, 0.15) is 12.4 Å². The third kappa shape index (κ3) is 3.00. The van der Waals surface area contributed by atoms with E-state index in [2.05, 4.69) is 5.32 Å². The van der Waals surface area contributed by atoms with Gasteiger partial charge in [-0.1, -0.05) is 0 Å². The molecule has 4 rings (SSSR count). The van der Waals surface area contributed by atoms with Crippen LogP contribution in [0.5, 0.6) is 0 Å². The number of cyclic esters (lactones) is 1. The number of fused-ring (bicyclic) bond motifs is 1. The quantitative estimate of drug-likeness (QED) is 0.870. The van der Waals surface area contributed by atoms with Crippen LogP contribution in [0.15, 0.2) is 18.2 Å². The van der Waals surface area contributed by atoms with E-state index in [0.29, 0.717) is 50.3 Å². The highest BCUT2D eigenvalue weighted by Gasteiger charge is 2.37. The summed E-state index contributed by atoms with van der Waals surface area (Å²) in [4.78, 5) is 40.0. The van der Waals surface area contributed by atoms with Crippen molar-refractivity contribution in [1.29, 1.82) is 0 Å². The Kier molecular flexibility index (Phi) is 4.26. The lowest BCUT2D eigenvalue weighted by Gasteiger charge is -2.37. The van der Waals surface area contributed by atoms with Crippen molar-refractivity contribution in [3.8, 4) is 0 Å². The largest absolute Gasteiger partial charge is 0.448 e. The minimum atomic E-state index is -0.664. The summed E-state index contributed by atoms with van der Waals surface area (Å²) in [7, 11) is 0. The molecule has 8 heteroatoms. The zero-order valence-electron chi connectivity index (χ0n) is 14.2. The fourth-order valence-electron chi connectivity index (χ4n) is 4.01. The average Bonchev–Trinajstić information content (AvgIpc) is 3.07. The number of hydrogen-bond donors (Lipinski definition) is 1. The van der Waals surface area contributed by atoms with Gasteiger partial charge in [0.25, 0.3) is 0 Å². The van der Waals surface area contributed by atoms with E-state index >= 15 is 0 Å². The molecule has 3 aliphatic heterocycles. The Labute approximate surface area is 150 Å². The molecule has 0 bridgehead atoms. The molecule has 1 N–H and O–H groups in total. The standard InChI is InChI=1S/C18H20FN3O4/c19-11-1-2-15-13(9-11)14(10-16(23)20-15)17(24)21-5-3-12(4-6-21)22-7-8-26-18(22)25/h1-2,9,12,14H,3-8,10H2,(H,20,23). The molecule has 2 saturated heterocycles. The van der Waals surface area contributed by atoms with Crippen molar-refractivity contribution in [2.45, 2.75) is 31.2 Å². The lowest BCUT2D eigenvalue weighted by molar-refractivity contribution is -0.136. The molecule has 3 amide bonds. The van der Waals surface area contributed by atoms with Gasteiger partial charge < -0.3 is 19.9 Å². The third-order valence-electron chi connectivity index (χ3n) is 5.36. The minimum Gasteiger partial charge on any atom is -0.448 e. The van der Waals surface area contributed by atoms with Crippen molar-refractivity contribution in [2.75, 3.05) is 31.6 Å². The highest BCUT2D eigenvalue weighted by Crippen LogP contribution is 2.35. The SMILES string of the molecule is O=C1CC(C(=O)N2CCC(N3CCOC3=O)CC2)c2cc(F)ccc2N1. The number of hydrogen-bond acceptors (Lipinski definition) is 4. The predicted octanol–water partition coefficient (Wildman–Crippen LogP) is 1.69. The molecule has 3 aliphatic rings. The molecule has 0 saturated carbocycles. The van der Waals surface area contributed by atoms with Gasteiger partial charge in [-0.05, 0) is 36.6 Å². The summed E-state index contributed by atoms with van der Waals surface area (Å²) < 4.78 is 18.6. The van der Waals surface area contributed by atoms with E-state index in [1.54, 1.807) is 9.80 Å². The second kappa shape index (κ2) is 6.59. The number of ether oxygens (including phenoxy) is 1. The van der Waals surface area contributed by atoms with Crippen LogP contribution in [0.2, 0.25) is 0 Å². The summed E-state index contributed by atoms with van der Waals surface area (Å²) in [6.45, 7) is 2.02. The first-order valence-electron chi connectivity index (χ1n) is 8.84. The van der Waals surface area contributed by atoms with Crippen molar-refractivity contribution in [3.05, 3.63) is 29.6 Å². The molecule has 1 atom stereocenters. The number of benzene rings is 1. The Balaban J connectivity index is 1.46. The highest BCUT2D eigenvalue weighted by molar-refractivity contribution is 6.01. The zero-order valence-corrected chi connectivity index (χ0v) is 14.2. The van der Waals surface area contributed by atoms with E-state index < -0.39 is 11.7 Å². The Morgan fingerprint density at radius 1 is 1.19 bits per heavy atom. The van der Waals surface area contributed by atoms with Gasteiger partial charge in [0, 0.05) is 31.2 Å². The molecule has 0 aromatic heterocycles. The highest BCUT2D eigenvalue weighted by atomic mass is 19.1. The van der Waals surface area contributed by atoms with E-state index in [9.17, 15) is 18.8 Å². The first kappa shape index (κ1) is 16.8. The van der Waals surface area contributed by atoms with E-state index in [-0.39, 0.29) is 30.4 Å². The number of nitrogens with one attached hydrogen (secondary N) is 1. The van der Waals surface area contributed by atoms with Crippen molar-refractivity contribution in [3.63, 3.8) is 0 Å². The zero-order chi connectivity index (χ0) is 18.3. The molecule has 0 radical (unpaired) electrons. The summed E-state index contributed by atoms with van der Waals surface area (Å²) in [5, 5.41) is 2.69. The van der Waals surface area contributed by atoms with Gasteiger partial charge in [0.15, 0.2) is 0 Å². The van der Waals surface area contributed by atoms with Crippen LogP contribution < -0.4 is 5.32 Å². The normalized spacial score (nSPS) is 23.5. The Hall–Kier alpha value is -2.64. The second-order valence-electron chi connectivity index (χ2n) is 6.90. The molecular weight excluding hydrogens is 341 g/mol. The molecule has 0 aliphatic carbocycles. The van der Waals surface area contributed by atoms with Crippen LogP contribution in [0, 0.1) is 5.82 Å². The first-order valence-corrected chi connectivity index (χ1v) is 8.84. The molecule has 7 nitrogen and oxygen atoms in total. The van der Waals surface area contributed by atoms with Gasteiger partial charge in [0.05, 0.1) is 12.5 Å². The molecule has 138 valence electrons. The molecule has 1 aromatic rings. The smallest absolute Gasteiger partial charge is 0.410 e. The first-order chi connectivity index (χ1) is 12.5. The van der Waals surface area contributed by atoms with E-state index in [4.69, 9.17) is 4.74 Å². The monoisotopic (exact) mass is 361 g/mol. The fourth-order valence-corrected chi connectivity index (χ4v) is 4.01. The number of piperidine rings is 1. The molecule has 3 heterocycles. The number of carbonyl (C=O) groups is 3. The van der Waals surface area contributed by atoms with Crippen molar-refractivity contribution < 1.29 is 23.5 Å². The van der Waals surface area contributed by atoms with Gasteiger partial charge in [-0.2, -0.15) is 0 Å². The number of halogens is 1. The number of carbonyl (C=O) groups excluding carboxylic acids is 3. The van der Waals surface area contributed by atoms with Crippen molar-refractivity contribution >= 4 is 23.6 Å². The van der Waals surface area contributed by atoms with Crippen LogP contribution in [-0.4, -0.2) is 60.0 Å². The van der Waals surface area contributed by atoms with Crippen LogP contribution in [0.25, 0.3) is 0 Å². The van der Waals surface area contributed by atoms with Crippen LogP contribution in [0.4, 0.5) is 14.9 Å². The second-order valence-corrected chi connectivity index (χ2v) is 6.90. The Bertz CT molecular complexity index is 761. The van der Waals surface area contributed by atoms with Crippen LogP contribution >= 0.6 is 0 Å². The molecule has 26 heavy (non-hydrogen) atoms. The van der Waals surface area contributed by atoms with Gasteiger partial charge >= 0.3 is 6.09 Å². The number of amides is 3. The van der Waals surface area contributed by atoms with Crippen molar-refractivity contribution in [2.24, 2.45) is 0 Å². The number of nitrogens with zero attached hydrogens (tertiary/aromatic N) is 2. The van der Waals surface area contributed by atoms with E-state index in [0.717, 1.165) is 0 Å². The molecular formula is C18H20FN3O4. The number of anilines is 1. The maximum absolute atomic E-state index is 13.6. The van der Waals surface area contributed by atoms with E-state index in [1.165, 1.54) is 18.2 Å². The molecule has 2 fully saturated rings. The third-order valence-corrected chi connectivity index (χ3v) is 5.36. The predicted molar refractivity (Wildman–Crippen MR) is 90.0 cm³/mol. The topological polar surface area (TPSA) is 79.0 Å². The summed E-state index contributed by atoms with van der Waals surface area (Å²) in [5.74, 6) is -1.49. The molecule has 1 aromatic carbocycles. The van der Waals surface area contributed by atoms with Crippen LogP contribution in [-0.2, 0) is 14.3 Å². The minimum absolute atomic E-state index is 0.0215. The lowest BCUT2D eigenvalue weighted by atomic mass is 9.88. The Morgan fingerprint density at radius 2 is 1.96 bits per heavy atom. The van der Waals surface area contributed by atoms with Gasteiger partial charge in [0.2, 0.25) is 11.8 Å². The van der Waals surface area contributed by atoms with E-state index in [1.807, 2.05) is 0 Å². The molecule has 0 spiro atoms. The average molecular weight is 361 g/mol. The summed E-state index contributed by atoms with van der Waals surface area (Å²) >= 11 is 0.